The van der Waals surface area contributed by atoms with Crippen LogP contribution in [0.4, 0.5) is 10.3 Å². The van der Waals surface area contributed by atoms with E-state index in [1.165, 1.54) is 11.3 Å². The summed E-state index contributed by atoms with van der Waals surface area (Å²) in [4.78, 5) is 28.3. The first-order chi connectivity index (χ1) is 12.1. The van der Waals surface area contributed by atoms with Crippen LogP contribution in [0.25, 0.3) is 0 Å². The third-order valence-electron chi connectivity index (χ3n) is 4.78. The first kappa shape index (κ1) is 18.1. The molecule has 1 atom stereocenters. The number of hydrogen-bond donors (Lipinski definition) is 1. The molecule has 2 aliphatic rings. The fourth-order valence-corrected chi connectivity index (χ4v) is 4.28. The lowest BCUT2D eigenvalue weighted by Crippen LogP contribution is -2.43. The highest BCUT2D eigenvalue weighted by molar-refractivity contribution is 7.19. The first-order valence-electron chi connectivity index (χ1n) is 9.24. The normalized spacial score (nSPS) is 21.2. The summed E-state index contributed by atoms with van der Waals surface area (Å²) < 4.78 is 0. The Balaban J connectivity index is 1.64. The van der Waals surface area contributed by atoms with Gasteiger partial charge < -0.3 is 10.2 Å². The predicted octanol–water partition coefficient (Wildman–Crippen LogP) is 2.19. The number of rotatable bonds is 6. The van der Waals surface area contributed by atoms with Crippen molar-refractivity contribution in [2.45, 2.75) is 58.4 Å². The van der Waals surface area contributed by atoms with Crippen molar-refractivity contribution in [1.82, 2.24) is 15.5 Å². The van der Waals surface area contributed by atoms with Gasteiger partial charge in [0.15, 0.2) is 0 Å². The Morgan fingerprint density at radius 3 is 2.80 bits per heavy atom. The van der Waals surface area contributed by atoms with Crippen LogP contribution < -0.4 is 15.1 Å². The van der Waals surface area contributed by atoms with E-state index in [1.807, 2.05) is 4.90 Å². The van der Waals surface area contributed by atoms with Crippen LogP contribution in [-0.2, 0) is 9.59 Å². The largest absolute Gasteiger partial charge is 0.354 e. The van der Waals surface area contributed by atoms with Crippen LogP contribution in [0.5, 0.6) is 0 Å². The molecule has 8 heteroatoms. The molecule has 1 aromatic heterocycles. The minimum Gasteiger partial charge on any atom is -0.354 e. The molecule has 0 aromatic carbocycles. The van der Waals surface area contributed by atoms with Crippen molar-refractivity contribution in [3.63, 3.8) is 0 Å². The smallest absolute Gasteiger partial charge is 0.242 e. The van der Waals surface area contributed by atoms with Crippen LogP contribution in [0.3, 0.4) is 0 Å². The molecule has 3 heterocycles. The highest BCUT2D eigenvalue weighted by Crippen LogP contribution is 2.33. The Hall–Kier alpha value is -1.70. The summed E-state index contributed by atoms with van der Waals surface area (Å²) in [5.41, 5.74) is 0. The van der Waals surface area contributed by atoms with Gasteiger partial charge in [0.1, 0.15) is 6.04 Å². The van der Waals surface area contributed by atoms with Crippen molar-refractivity contribution in [3.8, 4) is 0 Å². The van der Waals surface area contributed by atoms with Crippen LogP contribution in [0.2, 0.25) is 0 Å². The molecule has 138 valence electrons. The molecule has 3 rings (SSSR count). The Kier molecular flexibility index (Phi) is 5.88. The number of hydrogen-bond acceptors (Lipinski definition) is 6. The molecule has 0 spiro atoms. The van der Waals surface area contributed by atoms with E-state index < -0.39 is 0 Å². The molecule has 0 radical (unpaired) electrons. The van der Waals surface area contributed by atoms with Gasteiger partial charge >= 0.3 is 0 Å². The zero-order chi connectivity index (χ0) is 17.8. The van der Waals surface area contributed by atoms with Gasteiger partial charge in [0.05, 0.1) is 0 Å². The first-order valence-corrected chi connectivity index (χ1v) is 10.1. The van der Waals surface area contributed by atoms with Gasteiger partial charge in [-0.3, -0.25) is 14.5 Å². The van der Waals surface area contributed by atoms with Crippen molar-refractivity contribution in [2.24, 2.45) is 5.92 Å². The second kappa shape index (κ2) is 8.12. The fourth-order valence-electron chi connectivity index (χ4n) is 3.31. The van der Waals surface area contributed by atoms with Crippen LogP contribution >= 0.6 is 11.3 Å². The molecule has 0 bridgehead atoms. The van der Waals surface area contributed by atoms with Crippen molar-refractivity contribution in [1.29, 1.82) is 0 Å². The van der Waals surface area contributed by atoms with Crippen LogP contribution in [-0.4, -0.2) is 47.7 Å². The topological polar surface area (TPSA) is 78.4 Å². The number of nitrogens with one attached hydrogen (secondary N) is 1. The second-order valence-corrected chi connectivity index (χ2v) is 8.13. The van der Waals surface area contributed by atoms with Gasteiger partial charge in [-0.05, 0) is 38.0 Å². The zero-order valence-corrected chi connectivity index (χ0v) is 15.8. The molecule has 2 amide bonds. The van der Waals surface area contributed by atoms with Gasteiger partial charge in [-0.25, -0.2) is 0 Å². The highest BCUT2D eigenvalue weighted by Gasteiger charge is 2.33. The number of carbonyl (C=O) groups is 2. The van der Waals surface area contributed by atoms with E-state index in [-0.39, 0.29) is 17.9 Å². The maximum absolute atomic E-state index is 12.5. The zero-order valence-electron chi connectivity index (χ0n) is 15.0. The SMILES string of the molecule is CC(C)CCNC(=O)[C@@H]1CCCN1c1nnc(N2CCCCC2=O)s1. The number of amides is 2. The summed E-state index contributed by atoms with van der Waals surface area (Å²) in [6.07, 6.45) is 5.33. The quantitative estimate of drug-likeness (QED) is 0.836. The van der Waals surface area contributed by atoms with Crippen molar-refractivity contribution >= 4 is 33.4 Å². The average Bonchev–Trinajstić information content (AvgIpc) is 3.24. The molecule has 0 aliphatic carbocycles. The second-order valence-electron chi connectivity index (χ2n) is 7.19. The molecular formula is C17H27N5O2S. The van der Waals surface area contributed by atoms with Gasteiger partial charge in [-0.15, -0.1) is 10.2 Å². The van der Waals surface area contributed by atoms with Gasteiger partial charge in [-0.2, -0.15) is 0 Å². The minimum absolute atomic E-state index is 0.0731. The van der Waals surface area contributed by atoms with Crippen LogP contribution in [0.15, 0.2) is 0 Å². The molecule has 1 aromatic rings. The number of nitrogens with zero attached hydrogens (tertiary/aromatic N) is 4. The van der Waals surface area contributed by atoms with E-state index in [2.05, 4.69) is 29.4 Å². The maximum Gasteiger partial charge on any atom is 0.242 e. The van der Waals surface area contributed by atoms with E-state index in [0.29, 0.717) is 30.6 Å². The lowest BCUT2D eigenvalue weighted by Gasteiger charge is -2.24. The highest BCUT2D eigenvalue weighted by atomic mass is 32.1. The van der Waals surface area contributed by atoms with Gasteiger partial charge in [0.25, 0.3) is 0 Å². The monoisotopic (exact) mass is 365 g/mol. The molecular weight excluding hydrogens is 338 g/mol. The van der Waals surface area contributed by atoms with Crippen molar-refractivity contribution in [2.75, 3.05) is 29.4 Å². The lowest BCUT2D eigenvalue weighted by molar-refractivity contribution is -0.122. The van der Waals surface area contributed by atoms with E-state index in [9.17, 15) is 9.59 Å². The summed E-state index contributed by atoms with van der Waals surface area (Å²) in [5.74, 6) is 0.773. The summed E-state index contributed by atoms with van der Waals surface area (Å²) in [5, 5.41) is 12.9. The van der Waals surface area contributed by atoms with Gasteiger partial charge in [-0.1, -0.05) is 25.2 Å². The molecule has 0 unspecified atom stereocenters. The van der Waals surface area contributed by atoms with E-state index in [1.54, 1.807) is 4.90 Å². The molecule has 2 saturated heterocycles. The molecule has 1 N–H and O–H groups in total. The van der Waals surface area contributed by atoms with E-state index in [4.69, 9.17) is 0 Å². The molecule has 2 fully saturated rings. The standard InChI is InChI=1S/C17H27N5O2S/c1-12(2)8-9-18-15(24)13-6-5-11-21(13)16-19-20-17(25-16)22-10-4-3-7-14(22)23/h12-13H,3-11H2,1-2H3,(H,18,24)/t13-/m0/s1. The average molecular weight is 366 g/mol. The van der Waals surface area contributed by atoms with E-state index in [0.717, 1.165) is 43.8 Å². The van der Waals surface area contributed by atoms with Crippen LogP contribution in [0, 0.1) is 5.92 Å². The van der Waals surface area contributed by atoms with Gasteiger partial charge in [0.2, 0.25) is 22.1 Å². The molecule has 2 aliphatic heterocycles. The lowest BCUT2D eigenvalue weighted by atomic mass is 10.1. The number of anilines is 2. The maximum atomic E-state index is 12.5. The summed E-state index contributed by atoms with van der Waals surface area (Å²) in [6.45, 7) is 6.54. The Bertz CT molecular complexity index is 618. The minimum atomic E-state index is -0.176. The van der Waals surface area contributed by atoms with Crippen LogP contribution in [0.1, 0.15) is 52.4 Å². The van der Waals surface area contributed by atoms with Gasteiger partial charge in [0, 0.05) is 26.1 Å². The summed E-state index contributed by atoms with van der Waals surface area (Å²) in [7, 11) is 0. The number of piperidine rings is 1. The third kappa shape index (κ3) is 4.29. The predicted molar refractivity (Wildman–Crippen MR) is 98.9 cm³/mol. The summed E-state index contributed by atoms with van der Waals surface area (Å²) >= 11 is 1.42. The molecule has 25 heavy (non-hydrogen) atoms. The Labute approximate surface area is 152 Å². The number of aromatic nitrogens is 2. The van der Waals surface area contributed by atoms with E-state index >= 15 is 0 Å². The fraction of sp³-hybridized carbons (Fsp3) is 0.765. The van der Waals surface area contributed by atoms with Crippen molar-refractivity contribution in [3.05, 3.63) is 0 Å². The van der Waals surface area contributed by atoms with Crippen molar-refractivity contribution < 1.29 is 9.59 Å². The Morgan fingerprint density at radius 1 is 1.24 bits per heavy atom. The molecule has 7 nitrogen and oxygen atoms in total. The Morgan fingerprint density at radius 2 is 2.04 bits per heavy atom. The summed E-state index contributed by atoms with van der Waals surface area (Å²) in [6, 6.07) is -0.176. The third-order valence-corrected chi connectivity index (χ3v) is 5.76. The molecule has 0 saturated carbocycles. The number of carbonyl (C=O) groups excluding carboxylic acids is 2.